The maximum atomic E-state index is 5.92. The van der Waals surface area contributed by atoms with Crippen LogP contribution in [0.2, 0.25) is 5.02 Å². The summed E-state index contributed by atoms with van der Waals surface area (Å²) in [6.45, 7) is 4.09. The van der Waals surface area contributed by atoms with Crippen LogP contribution >= 0.6 is 23.4 Å². The van der Waals surface area contributed by atoms with E-state index >= 15 is 0 Å². The molecule has 1 aromatic heterocycles. The molecule has 0 saturated carbocycles. The van der Waals surface area contributed by atoms with Crippen LogP contribution in [0, 0.1) is 13.8 Å². The number of rotatable bonds is 4. The lowest BCUT2D eigenvalue weighted by molar-refractivity contribution is 0.937. The van der Waals surface area contributed by atoms with E-state index in [1.165, 1.54) is 11.1 Å². The van der Waals surface area contributed by atoms with Crippen LogP contribution in [0.3, 0.4) is 0 Å². The van der Waals surface area contributed by atoms with Gasteiger partial charge in [-0.05, 0) is 37.6 Å². The molecule has 0 fully saturated rings. The molecule has 0 amide bonds. The molecule has 0 unspecified atom stereocenters. The first-order chi connectivity index (χ1) is 11.1. The second-order valence-electron chi connectivity index (χ2n) is 5.46. The molecule has 0 N–H and O–H groups in total. The summed E-state index contributed by atoms with van der Waals surface area (Å²) in [5.41, 5.74) is 5.53. The first-order valence-electron chi connectivity index (χ1n) is 7.40. The molecule has 2 nitrogen and oxygen atoms in total. The molecule has 0 spiro atoms. The zero-order chi connectivity index (χ0) is 16.2. The normalized spacial score (nSPS) is 10.7. The largest absolute Gasteiger partial charge is 0.228 e. The SMILES string of the molecule is Cc1ccc(-c2cc(C)nc(SCc3ccc(Cl)cc3)n2)cc1. The van der Waals surface area contributed by atoms with Crippen molar-refractivity contribution >= 4 is 23.4 Å². The van der Waals surface area contributed by atoms with Gasteiger partial charge >= 0.3 is 0 Å². The van der Waals surface area contributed by atoms with Crippen molar-refractivity contribution in [3.05, 3.63) is 76.4 Å². The Morgan fingerprint density at radius 3 is 2.30 bits per heavy atom. The number of aryl methyl sites for hydroxylation is 2. The highest BCUT2D eigenvalue weighted by Crippen LogP contribution is 2.25. The zero-order valence-corrected chi connectivity index (χ0v) is 14.7. The van der Waals surface area contributed by atoms with Crippen molar-refractivity contribution in [2.45, 2.75) is 24.8 Å². The lowest BCUT2D eigenvalue weighted by Gasteiger charge is -2.07. The Morgan fingerprint density at radius 2 is 1.61 bits per heavy atom. The van der Waals surface area contributed by atoms with Gasteiger partial charge in [-0.1, -0.05) is 65.3 Å². The molecule has 0 aliphatic rings. The molecular formula is C19H17ClN2S. The monoisotopic (exact) mass is 340 g/mol. The maximum Gasteiger partial charge on any atom is 0.188 e. The summed E-state index contributed by atoms with van der Waals surface area (Å²) < 4.78 is 0. The van der Waals surface area contributed by atoms with Gasteiger partial charge in [-0.15, -0.1) is 0 Å². The predicted molar refractivity (Wildman–Crippen MR) is 98.0 cm³/mol. The molecule has 3 aromatic rings. The standard InChI is InChI=1S/C19H17ClN2S/c1-13-3-7-16(8-4-13)18-11-14(2)21-19(22-18)23-12-15-5-9-17(20)10-6-15/h3-11H,12H2,1-2H3. The third kappa shape index (κ3) is 4.34. The van der Waals surface area contributed by atoms with Crippen LogP contribution in [-0.4, -0.2) is 9.97 Å². The molecule has 0 saturated heterocycles. The van der Waals surface area contributed by atoms with Crippen molar-refractivity contribution in [2.75, 3.05) is 0 Å². The summed E-state index contributed by atoms with van der Waals surface area (Å²) in [7, 11) is 0. The fourth-order valence-corrected chi connectivity index (χ4v) is 3.19. The van der Waals surface area contributed by atoms with Crippen molar-refractivity contribution in [2.24, 2.45) is 0 Å². The minimum atomic E-state index is 0.757. The molecule has 0 aliphatic heterocycles. The van der Waals surface area contributed by atoms with E-state index in [0.717, 1.165) is 32.9 Å². The van der Waals surface area contributed by atoms with Crippen LogP contribution in [0.15, 0.2) is 59.8 Å². The van der Waals surface area contributed by atoms with Gasteiger partial charge in [0.05, 0.1) is 5.69 Å². The molecule has 4 heteroatoms. The van der Waals surface area contributed by atoms with Gasteiger partial charge < -0.3 is 0 Å². The number of hydrogen-bond acceptors (Lipinski definition) is 3. The Kier molecular flexibility index (Phi) is 4.99. The van der Waals surface area contributed by atoms with Crippen LogP contribution < -0.4 is 0 Å². The molecule has 0 radical (unpaired) electrons. The molecular weight excluding hydrogens is 324 g/mol. The highest BCUT2D eigenvalue weighted by Gasteiger charge is 2.06. The molecule has 0 bridgehead atoms. The summed E-state index contributed by atoms with van der Waals surface area (Å²) in [6.07, 6.45) is 0. The van der Waals surface area contributed by atoms with Gasteiger partial charge in [-0.2, -0.15) is 0 Å². The number of nitrogens with zero attached hydrogens (tertiary/aromatic N) is 2. The maximum absolute atomic E-state index is 5.92. The van der Waals surface area contributed by atoms with Gasteiger partial charge in [0.1, 0.15) is 0 Å². The van der Waals surface area contributed by atoms with E-state index in [1.807, 2.05) is 37.3 Å². The minimum absolute atomic E-state index is 0.757. The molecule has 1 heterocycles. The molecule has 2 aromatic carbocycles. The highest BCUT2D eigenvalue weighted by molar-refractivity contribution is 7.98. The van der Waals surface area contributed by atoms with E-state index in [1.54, 1.807) is 11.8 Å². The number of aromatic nitrogens is 2. The van der Waals surface area contributed by atoms with Gasteiger partial charge in [-0.25, -0.2) is 9.97 Å². The topological polar surface area (TPSA) is 25.8 Å². The Balaban J connectivity index is 1.80. The first-order valence-corrected chi connectivity index (χ1v) is 8.76. The van der Waals surface area contributed by atoms with Crippen LogP contribution in [0.4, 0.5) is 0 Å². The van der Waals surface area contributed by atoms with E-state index in [4.69, 9.17) is 16.6 Å². The van der Waals surface area contributed by atoms with Crippen LogP contribution in [0.25, 0.3) is 11.3 Å². The lowest BCUT2D eigenvalue weighted by Crippen LogP contribution is -1.94. The summed E-state index contributed by atoms with van der Waals surface area (Å²) in [6, 6.07) is 18.3. The number of hydrogen-bond donors (Lipinski definition) is 0. The van der Waals surface area contributed by atoms with Crippen molar-refractivity contribution in [1.82, 2.24) is 9.97 Å². The van der Waals surface area contributed by atoms with Crippen molar-refractivity contribution < 1.29 is 0 Å². The highest BCUT2D eigenvalue weighted by atomic mass is 35.5. The number of thioether (sulfide) groups is 1. The molecule has 0 atom stereocenters. The Bertz CT molecular complexity index is 799. The fraction of sp³-hybridized carbons (Fsp3) is 0.158. The quantitative estimate of drug-likeness (QED) is 0.449. The van der Waals surface area contributed by atoms with Gasteiger partial charge in [0.25, 0.3) is 0 Å². The van der Waals surface area contributed by atoms with Crippen LogP contribution in [0.1, 0.15) is 16.8 Å². The van der Waals surface area contributed by atoms with Gasteiger partial charge in [-0.3, -0.25) is 0 Å². The predicted octanol–water partition coefficient (Wildman–Crippen LogP) is 5.71. The second-order valence-corrected chi connectivity index (χ2v) is 6.84. The number of halogens is 1. The van der Waals surface area contributed by atoms with E-state index in [9.17, 15) is 0 Å². The van der Waals surface area contributed by atoms with E-state index in [0.29, 0.717) is 0 Å². The van der Waals surface area contributed by atoms with Crippen molar-refractivity contribution in [1.29, 1.82) is 0 Å². The van der Waals surface area contributed by atoms with Gasteiger partial charge in [0.2, 0.25) is 0 Å². The van der Waals surface area contributed by atoms with Crippen LogP contribution in [0.5, 0.6) is 0 Å². The second kappa shape index (κ2) is 7.16. The summed E-state index contributed by atoms with van der Waals surface area (Å²) in [4.78, 5) is 9.23. The van der Waals surface area contributed by atoms with Crippen molar-refractivity contribution in [3.8, 4) is 11.3 Å². The summed E-state index contributed by atoms with van der Waals surface area (Å²) in [5.74, 6) is 0.827. The van der Waals surface area contributed by atoms with Gasteiger partial charge in [0, 0.05) is 22.0 Å². The smallest absolute Gasteiger partial charge is 0.188 e. The van der Waals surface area contributed by atoms with Gasteiger partial charge in [0.15, 0.2) is 5.16 Å². The average molecular weight is 341 g/mol. The average Bonchev–Trinajstić information content (AvgIpc) is 2.54. The Morgan fingerprint density at radius 1 is 0.913 bits per heavy atom. The summed E-state index contributed by atoms with van der Waals surface area (Å²) in [5, 5.41) is 1.56. The lowest BCUT2D eigenvalue weighted by atomic mass is 10.1. The molecule has 0 aliphatic carbocycles. The first kappa shape index (κ1) is 16.0. The zero-order valence-electron chi connectivity index (χ0n) is 13.1. The van der Waals surface area contributed by atoms with Crippen molar-refractivity contribution in [3.63, 3.8) is 0 Å². The molecule has 23 heavy (non-hydrogen) atoms. The Labute approximate surface area is 146 Å². The summed E-state index contributed by atoms with van der Waals surface area (Å²) >= 11 is 7.56. The Hall–Kier alpha value is -1.84. The third-order valence-corrected chi connectivity index (χ3v) is 4.63. The van der Waals surface area contributed by atoms with Crippen LogP contribution in [-0.2, 0) is 5.75 Å². The third-order valence-electron chi connectivity index (χ3n) is 3.46. The number of benzene rings is 2. The van der Waals surface area contributed by atoms with E-state index in [2.05, 4.69) is 36.2 Å². The fourth-order valence-electron chi connectivity index (χ4n) is 2.21. The minimum Gasteiger partial charge on any atom is -0.228 e. The molecule has 3 rings (SSSR count). The van der Waals surface area contributed by atoms with E-state index < -0.39 is 0 Å². The van der Waals surface area contributed by atoms with E-state index in [-0.39, 0.29) is 0 Å². The molecule has 116 valence electrons.